The Morgan fingerprint density at radius 2 is 1.70 bits per heavy atom. The molecule has 0 bridgehead atoms. The van der Waals surface area contributed by atoms with E-state index >= 15 is 0 Å². The number of phenols is 1. The summed E-state index contributed by atoms with van der Waals surface area (Å²) >= 11 is 0. The molecule has 5 atom stereocenters. The van der Waals surface area contributed by atoms with E-state index < -0.39 is 41.1 Å². The average molecular weight is 548 g/mol. The number of aliphatic hydroxyl groups is 3. The van der Waals surface area contributed by atoms with Gasteiger partial charge in [0.2, 0.25) is 0 Å². The second-order valence-corrected chi connectivity index (χ2v) is 12.0. The summed E-state index contributed by atoms with van der Waals surface area (Å²) in [4.78, 5) is 30.3. The number of nitrogens with two attached hydrogens (primary N) is 1. The maximum absolute atomic E-state index is 14.1. The summed E-state index contributed by atoms with van der Waals surface area (Å²) in [5.74, 6) is -4.30. The van der Waals surface area contributed by atoms with Crippen molar-refractivity contribution in [1.82, 2.24) is 9.80 Å². The van der Waals surface area contributed by atoms with Gasteiger partial charge in [0.1, 0.15) is 22.9 Å². The molecule has 0 aliphatic heterocycles. The number of rotatable bonds is 5. The van der Waals surface area contributed by atoms with E-state index in [1.807, 2.05) is 44.4 Å². The minimum absolute atomic E-state index is 0.130. The Hall–Kier alpha value is -3.66. The lowest BCUT2D eigenvalue weighted by molar-refractivity contribution is -0.120. The normalized spacial score (nSPS) is 28.1. The number of allylic oxidation sites excluding steroid dienone is 1. The van der Waals surface area contributed by atoms with Crippen molar-refractivity contribution in [3.05, 3.63) is 75.8 Å². The van der Waals surface area contributed by atoms with Gasteiger partial charge in [0.25, 0.3) is 5.91 Å². The van der Waals surface area contributed by atoms with Crippen LogP contribution in [0.2, 0.25) is 0 Å². The van der Waals surface area contributed by atoms with Crippen LogP contribution in [0.3, 0.4) is 0 Å². The van der Waals surface area contributed by atoms with Crippen molar-refractivity contribution < 1.29 is 30.0 Å². The maximum atomic E-state index is 14.1. The molecule has 5 rings (SSSR count). The molecule has 9 nitrogen and oxygen atoms in total. The number of likely N-dealkylation sites (N-methyl/N-ethyl adjacent to an activating group) is 1. The fourth-order valence-electron chi connectivity index (χ4n) is 7.41. The van der Waals surface area contributed by atoms with Crippen LogP contribution in [0, 0.1) is 17.8 Å². The number of carbonyl (C=O) groups excluding carboxylic acids is 2. The van der Waals surface area contributed by atoms with Gasteiger partial charge in [-0.1, -0.05) is 30.3 Å². The van der Waals surface area contributed by atoms with E-state index in [1.54, 1.807) is 19.0 Å². The molecule has 0 saturated carbocycles. The minimum Gasteiger partial charge on any atom is -0.511 e. The van der Waals surface area contributed by atoms with Crippen molar-refractivity contribution >= 4 is 11.7 Å². The lowest BCUT2D eigenvalue weighted by Crippen LogP contribution is -2.59. The van der Waals surface area contributed by atoms with E-state index in [1.165, 1.54) is 13.0 Å². The number of aromatic hydroxyl groups is 1. The zero-order chi connectivity index (χ0) is 29.3. The number of carbonyl (C=O) groups is 2. The molecule has 0 aromatic heterocycles. The van der Waals surface area contributed by atoms with Crippen molar-refractivity contribution in [2.45, 2.75) is 38.0 Å². The Kier molecular flexibility index (Phi) is 6.81. The Morgan fingerprint density at radius 1 is 1.02 bits per heavy atom. The summed E-state index contributed by atoms with van der Waals surface area (Å²) in [5, 5.41) is 45.3. The number of amides is 1. The van der Waals surface area contributed by atoms with E-state index in [-0.39, 0.29) is 34.0 Å². The van der Waals surface area contributed by atoms with Crippen LogP contribution in [0.1, 0.15) is 34.8 Å². The zero-order valence-electron chi connectivity index (χ0n) is 23.5. The summed E-state index contributed by atoms with van der Waals surface area (Å²) in [7, 11) is 7.45. The van der Waals surface area contributed by atoms with Gasteiger partial charge in [0.05, 0.1) is 23.1 Å². The van der Waals surface area contributed by atoms with Gasteiger partial charge in [-0.3, -0.25) is 14.5 Å². The molecule has 0 radical (unpaired) electrons. The predicted octanol–water partition coefficient (Wildman–Crippen LogP) is 2.92. The lowest BCUT2D eigenvalue weighted by Gasteiger charge is -2.52. The molecule has 9 heteroatoms. The van der Waals surface area contributed by atoms with Crippen molar-refractivity contribution in [3.8, 4) is 16.9 Å². The minimum atomic E-state index is -2.01. The van der Waals surface area contributed by atoms with Gasteiger partial charge in [-0.25, -0.2) is 0 Å². The third kappa shape index (κ3) is 4.11. The number of benzene rings is 2. The topological polar surface area (TPSA) is 148 Å². The molecule has 212 valence electrons. The lowest BCUT2D eigenvalue weighted by atomic mass is 9.56. The number of hydrogen-bond donors (Lipinski definition) is 5. The summed E-state index contributed by atoms with van der Waals surface area (Å²) < 4.78 is 0. The number of Topliss-reactive ketones (excluding diaryl/α,β-unsaturated/α-hetero) is 1. The summed E-state index contributed by atoms with van der Waals surface area (Å²) in [6.45, 7) is 2.02. The second-order valence-electron chi connectivity index (χ2n) is 12.0. The number of primary amides is 1. The fourth-order valence-corrected chi connectivity index (χ4v) is 7.41. The molecule has 0 saturated heterocycles. The number of hydrogen-bond acceptors (Lipinski definition) is 8. The van der Waals surface area contributed by atoms with Crippen LogP contribution in [0.25, 0.3) is 11.1 Å². The van der Waals surface area contributed by atoms with E-state index in [0.29, 0.717) is 24.9 Å². The highest BCUT2D eigenvalue weighted by molar-refractivity contribution is 6.14. The molecular formula is C31H37N3O6. The number of phenolic OH excluding ortho intramolecular Hbond substituents is 1. The molecule has 3 aliphatic rings. The third-order valence-corrected chi connectivity index (χ3v) is 8.83. The highest BCUT2D eigenvalue weighted by atomic mass is 16.3. The van der Waals surface area contributed by atoms with Gasteiger partial charge in [-0.05, 0) is 88.1 Å². The molecule has 3 aliphatic carbocycles. The van der Waals surface area contributed by atoms with Gasteiger partial charge in [-0.15, -0.1) is 0 Å². The van der Waals surface area contributed by atoms with Crippen LogP contribution in [0.5, 0.6) is 5.75 Å². The summed E-state index contributed by atoms with van der Waals surface area (Å²) in [6, 6.07) is 10.6. The first-order valence-corrected chi connectivity index (χ1v) is 13.4. The van der Waals surface area contributed by atoms with Crippen molar-refractivity contribution in [2.24, 2.45) is 23.5 Å². The van der Waals surface area contributed by atoms with Crippen LogP contribution in [-0.2, 0) is 17.8 Å². The van der Waals surface area contributed by atoms with Crippen LogP contribution in [0.15, 0.2) is 59.1 Å². The highest BCUT2D eigenvalue weighted by Crippen LogP contribution is 2.55. The number of ketones is 1. The first-order chi connectivity index (χ1) is 18.8. The number of aliphatic hydroxyl groups excluding tert-OH is 2. The smallest absolute Gasteiger partial charge is 0.251 e. The summed E-state index contributed by atoms with van der Waals surface area (Å²) in [6.07, 6.45) is 0.734. The molecule has 0 fully saturated rings. The molecule has 2 aromatic carbocycles. The fraction of sp³-hybridized carbons (Fsp3) is 0.419. The summed E-state index contributed by atoms with van der Waals surface area (Å²) in [5.41, 5.74) is 7.06. The molecular weight excluding hydrogens is 510 g/mol. The second kappa shape index (κ2) is 9.76. The van der Waals surface area contributed by atoms with Gasteiger partial charge < -0.3 is 31.1 Å². The molecule has 2 aromatic rings. The van der Waals surface area contributed by atoms with Crippen molar-refractivity contribution in [1.29, 1.82) is 0 Å². The highest BCUT2D eigenvalue weighted by Gasteiger charge is 2.59. The SMILES string of the molecule is CN(C)Cc1ccccc1-c1ccc(O)c2c1CC1CC3C(C(O)=C1C2=O)[C@](C)(O)C(C(N)=O)=C(O)[C@H]3N(C)C. The van der Waals surface area contributed by atoms with Gasteiger partial charge >= 0.3 is 0 Å². The Balaban J connectivity index is 1.70. The predicted molar refractivity (Wildman–Crippen MR) is 151 cm³/mol. The molecule has 3 unspecified atom stereocenters. The molecule has 6 N–H and O–H groups in total. The Labute approximate surface area is 233 Å². The van der Waals surface area contributed by atoms with E-state index in [4.69, 9.17) is 5.73 Å². The number of nitrogens with zero attached hydrogens (tertiary/aromatic N) is 2. The molecule has 0 spiro atoms. The molecule has 0 heterocycles. The Bertz CT molecular complexity index is 1470. The van der Waals surface area contributed by atoms with Crippen LogP contribution >= 0.6 is 0 Å². The van der Waals surface area contributed by atoms with E-state index in [0.717, 1.165) is 16.7 Å². The van der Waals surface area contributed by atoms with Crippen molar-refractivity contribution in [2.75, 3.05) is 28.2 Å². The van der Waals surface area contributed by atoms with Gasteiger partial charge in [-0.2, -0.15) is 0 Å². The first kappa shape index (κ1) is 27.9. The maximum Gasteiger partial charge on any atom is 0.251 e. The van der Waals surface area contributed by atoms with Gasteiger partial charge in [0.15, 0.2) is 5.78 Å². The Morgan fingerprint density at radius 3 is 2.33 bits per heavy atom. The average Bonchev–Trinajstić information content (AvgIpc) is 2.83. The largest absolute Gasteiger partial charge is 0.511 e. The van der Waals surface area contributed by atoms with Crippen LogP contribution in [0.4, 0.5) is 0 Å². The van der Waals surface area contributed by atoms with Crippen molar-refractivity contribution in [3.63, 3.8) is 0 Å². The van der Waals surface area contributed by atoms with E-state index in [9.17, 15) is 30.0 Å². The van der Waals surface area contributed by atoms with Crippen LogP contribution < -0.4 is 5.73 Å². The van der Waals surface area contributed by atoms with Gasteiger partial charge in [0, 0.05) is 12.1 Å². The standard InChI is InChI=1S/C31H37N3O6/c1-31(40)24-20(26(34(4)5)29(38)25(31)30(32)39)13-16-12-19-18(17-9-7-6-8-15(17)14-33(2)3)10-11-21(35)23(19)27(36)22(16)28(24)37/h6-11,16,20,24,26,35,37-38,40H,12-14H2,1-5H3,(H2,32,39)/t16?,20?,24?,26-,31-/m0/s1. The van der Waals surface area contributed by atoms with E-state index in [2.05, 4.69) is 4.90 Å². The monoisotopic (exact) mass is 547 g/mol. The van der Waals surface area contributed by atoms with Crippen LogP contribution in [-0.4, -0.2) is 81.7 Å². The third-order valence-electron chi connectivity index (χ3n) is 8.83. The quantitative estimate of drug-likeness (QED) is 0.384. The molecule has 1 amide bonds. The first-order valence-electron chi connectivity index (χ1n) is 13.4. The number of fused-ring (bicyclic) bond motifs is 3. The molecule has 40 heavy (non-hydrogen) atoms. The zero-order valence-corrected chi connectivity index (χ0v) is 23.5.